The van der Waals surface area contributed by atoms with E-state index >= 15 is 0 Å². The van der Waals surface area contributed by atoms with Crippen LogP contribution in [0, 0.1) is 5.92 Å². The molecule has 2 atom stereocenters. The summed E-state index contributed by atoms with van der Waals surface area (Å²) in [4.78, 5) is 25.8. The maximum Gasteiger partial charge on any atom is 0.573 e. The van der Waals surface area contributed by atoms with Gasteiger partial charge in [0.1, 0.15) is 5.75 Å². The Bertz CT molecular complexity index is 1010. The van der Waals surface area contributed by atoms with Crippen molar-refractivity contribution in [2.75, 3.05) is 18.0 Å². The van der Waals surface area contributed by atoms with Crippen LogP contribution in [0.25, 0.3) is 0 Å². The highest BCUT2D eigenvalue weighted by molar-refractivity contribution is 6.00. The van der Waals surface area contributed by atoms with E-state index in [0.717, 1.165) is 29.2 Å². The van der Waals surface area contributed by atoms with Crippen LogP contribution in [-0.2, 0) is 15.8 Å². The molecular weight excluding hydrogens is 458 g/mol. The predicted molar refractivity (Wildman–Crippen MR) is 103 cm³/mol. The van der Waals surface area contributed by atoms with Crippen molar-refractivity contribution >= 4 is 17.5 Å². The molecule has 178 valence electrons. The standard InChI is InChI=1S/C21H18F6N2O4/c22-20(23,24)14-2-1-3-15(9-14)29-11-13(8-18(29)31)19(32)28-10-17(30)12-4-6-16(7-5-12)33-21(25,26)27/h1-7,9,13,17,30H,8,10-11H2,(H,28,32). The summed E-state index contributed by atoms with van der Waals surface area (Å²) >= 11 is 0. The van der Waals surface area contributed by atoms with Crippen molar-refractivity contribution in [3.05, 3.63) is 59.7 Å². The Morgan fingerprint density at radius 1 is 1.12 bits per heavy atom. The molecule has 0 radical (unpaired) electrons. The largest absolute Gasteiger partial charge is 0.573 e. The monoisotopic (exact) mass is 476 g/mol. The van der Waals surface area contributed by atoms with Gasteiger partial charge in [-0.15, -0.1) is 13.2 Å². The van der Waals surface area contributed by atoms with E-state index in [1.807, 2.05) is 0 Å². The average molecular weight is 476 g/mol. The summed E-state index contributed by atoms with van der Waals surface area (Å²) in [6, 6.07) is 8.63. The molecule has 1 aliphatic rings. The predicted octanol–water partition coefficient (Wildman–Crippen LogP) is 3.81. The molecule has 0 spiro atoms. The van der Waals surface area contributed by atoms with Gasteiger partial charge in [-0.25, -0.2) is 0 Å². The molecule has 2 aromatic rings. The van der Waals surface area contributed by atoms with Gasteiger partial charge in [-0.2, -0.15) is 13.2 Å². The smallest absolute Gasteiger partial charge is 0.406 e. The number of hydrogen-bond acceptors (Lipinski definition) is 4. The van der Waals surface area contributed by atoms with Crippen LogP contribution in [0.4, 0.5) is 32.0 Å². The second-order valence-electron chi connectivity index (χ2n) is 7.33. The van der Waals surface area contributed by atoms with Crippen molar-refractivity contribution in [3.63, 3.8) is 0 Å². The Morgan fingerprint density at radius 2 is 1.79 bits per heavy atom. The van der Waals surface area contributed by atoms with E-state index in [1.165, 1.54) is 24.3 Å². The molecule has 2 aromatic carbocycles. The average Bonchev–Trinajstić information content (AvgIpc) is 3.12. The summed E-state index contributed by atoms with van der Waals surface area (Å²) in [5.74, 6) is -2.42. The van der Waals surface area contributed by atoms with Gasteiger partial charge in [0.05, 0.1) is 17.6 Å². The van der Waals surface area contributed by atoms with Gasteiger partial charge in [0.25, 0.3) is 0 Å². The highest BCUT2D eigenvalue weighted by atomic mass is 19.4. The number of amides is 2. The molecule has 33 heavy (non-hydrogen) atoms. The second kappa shape index (κ2) is 9.30. The van der Waals surface area contributed by atoms with Crippen molar-refractivity contribution in [1.82, 2.24) is 5.32 Å². The van der Waals surface area contributed by atoms with E-state index in [2.05, 4.69) is 10.1 Å². The van der Waals surface area contributed by atoms with Crippen LogP contribution in [0.2, 0.25) is 0 Å². The molecule has 2 N–H and O–H groups in total. The van der Waals surface area contributed by atoms with Crippen LogP contribution in [0.3, 0.4) is 0 Å². The lowest BCUT2D eigenvalue weighted by Crippen LogP contribution is -2.35. The van der Waals surface area contributed by atoms with Crippen molar-refractivity contribution < 1.29 is 45.8 Å². The van der Waals surface area contributed by atoms with Crippen LogP contribution in [0.15, 0.2) is 48.5 Å². The van der Waals surface area contributed by atoms with Crippen molar-refractivity contribution in [2.24, 2.45) is 5.92 Å². The van der Waals surface area contributed by atoms with E-state index in [1.54, 1.807) is 0 Å². The number of halogens is 6. The fraction of sp³-hybridized carbons (Fsp3) is 0.333. The van der Waals surface area contributed by atoms with Gasteiger partial charge in [-0.1, -0.05) is 18.2 Å². The van der Waals surface area contributed by atoms with E-state index in [-0.39, 0.29) is 30.8 Å². The molecule has 3 rings (SSSR count). The Balaban J connectivity index is 1.56. The zero-order valence-corrected chi connectivity index (χ0v) is 16.8. The number of ether oxygens (including phenoxy) is 1. The topological polar surface area (TPSA) is 78.9 Å². The summed E-state index contributed by atoms with van der Waals surface area (Å²) in [6.45, 7) is -0.419. The lowest BCUT2D eigenvalue weighted by Gasteiger charge is -2.19. The molecule has 12 heteroatoms. The third kappa shape index (κ3) is 6.37. The minimum absolute atomic E-state index is 0.0197. The minimum atomic E-state index is -4.85. The Kier molecular flexibility index (Phi) is 6.86. The maximum atomic E-state index is 12.9. The first kappa shape index (κ1) is 24.4. The first-order valence-electron chi connectivity index (χ1n) is 9.62. The number of aliphatic hydroxyl groups is 1. The number of nitrogens with one attached hydrogen (secondary N) is 1. The first-order chi connectivity index (χ1) is 15.3. The summed E-state index contributed by atoms with van der Waals surface area (Å²) < 4.78 is 79.1. The van der Waals surface area contributed by atoms with E-state index in [0.29, 0.717) is 0 Å². The van der Waals surface area contributed by atoms with E-state index < -0.39 is 47.7 Å². The van der Waals surface area contributed by atoms with E-state index in [4.69, 9.17) is 0 Å². The van der Waals surface area contributed by atoms with Crippen LogP contribution in [0.5, 0.6) is 5.75 Å². The fourth-order valence-corrected chi connectivity index (χ4v) is 3.33. The zero-order valence-electron chi connectivity index (χ0n) is 16.8. The van der Waals surface area contributed by atoms with Gasteiger partial charge in [0.15, 0.2) is 0 Å². The zero-order chi connectivity index (χ0) is 24.4. The molecule has 6 nitrogen and oxygen atoms in total. The second-order valence-corrected chi connectivity index (χ2v) is 7.33. The van der Waals surface area contributed by atoms with Crippen molar-refractivity contribution in [2.45, 2.75) is 25.1 Å². The van der Waals surface area contributed by atoms with Gasteiger partial charge in [-0.3, -0.25) is 9.59 Å². The number of carbonyl (C=O) groups excluding carboxylic acids is 2. The first-order valence-corrected chi connectivity index (χ1v) is 9.62. The van der Waals surface area contributed by atoms with Crippen molar-refractivity contribution in [1.29, 1.82) is 0 Å². The van der Waals surface area contributed by atoms with Crippen LogP contribution >= 0.6 is 0 Å². The minimum Gasteiger partial charge on any atom is -0.406 e. The molecule has 1 heterocycles. The number of benzene rings is 2. The van der Waals surface area contributed by atoms with Crippen LogP contribution in [-0.4, -0.2) is 36.4 Å². The maximum absolute atomic E-state index is 12.9. The molecule has 0 bridgehead atoms. The molecule has 1 fully saturated rings. The molecular formula is C21H18F6N2O4. The number of hydrogen-bond donors (Lipinski definition) is 2. The molecule has 2 amide bonds. The lowest BCUT2D eigenvalue weighted by atomic mass is 10.1. The number of rotatable bonds is 6. The third-order valence-corrected chi connectivity index (χ3v) is 4.95. The Hall–Kier alpha value is -3.28. The number of alkyl halides is 6. The number of nitrogens with zero attached hydrogens (tertiary/aromatic N) is 1. The number of anilines is 1. The van der Waals surface area contributed by atoms with Crippen molar-refractivity contribution in [3.8, 4) is 5.75 Å². The summed E-state index contributed by atoms with van der Waals surface area (Å²) in [7, 11) is 0. The van der Waals surface area contributed by atoms with Gasteiger partial charge < -0.3 is 20.1 Å². The highest BCUT2D eigenvalue weighted by Crippen LogP contribution is 2.33. The molecule has 0 aliphatic carbocycles. The fourth-order valence-electron chi connectivity index (χ4n) is 3.33. The van der Waals surface area contributed by atoms with E-state index in [9.17, 15) is 41.0 Å². The summed E-state index contributed by atoms with van der Waals surface area (Å²) in [6.07, 6.45) is -10.9. The normalized spacial score (nSPS) is 17.7. The van der Waals surface area contributed by atoms with Gasteiger partial charge in [-0.05, 0) is 35.9 Å². The molecule has 2 unspecified atom stereocenters. The van der Waals surface area contributed by atoms with Gasteiger partial charge in [0.2, 0.25) is 11.8 Å². The van der Waals surface area contributed by atoms with Crippen LogP contribution in [0.1, 0.15) is 23.7 Å². The van der Waals surface area contributed by atoms with Gasteiger partial charge in [0, 0.05) is 25.2 Å². The summed E-state index contributed by atoms with van der Waals surface area (Å²) in [5, 5.41) is 12.6. The molecule has 0 aromatic heterocycles. The lowest BCUT2D eigenvalue weighted by molar-refractivity contribution is -0.274. The van der Waals surface area contributed by atoms with Gasteiger partial charge >= 0.3 is 12.5 Å². The van der Waals surface area contributed by atoms with Crippen LogP contribution < -0.4 is 15.0 Å². The molecule has 1 saturated heterocycles. The Morgan fingerprint density at radius 3 is 2.39 bits per heavy atom. The molecule has 1 aliphatic heterocycles. The quantitative estimate of drug-likeness (QED) is 0.622. The highest BCUT2D eigenvalue weighted by Gasteiger charge is 2.37. The third-order valence-electron chi connectivity index (χ3n) is 4.95. The SMILES string of the molecule is O=C(NCC(O)c1ccc(OC(F)(F)F)cc1)C1CC(=O)N(c2cccc(C(F)(F)F)c2)C1. The molecule has 0 saturated carbocycles. The Labute approximate surface area is 183 Å². The number of carbonyl (C=O) groups is 2. The summed E-state index contributed by atoms with van der Waals surface area (Å²) in [5.41, 5.74) is -0.681. The number of aliphatic hydroxyl groups excluding tert-OH is 1.